The molecule has 0 saturated heterocycles. The van der Waals surface area contributed by atoms with Gasteiger partial charge in [-0.15, -0.1) is 0 Å². The molecule has 2 rings (SSSR count). The molecule has 0 fully saturated rings. The van der Waals surface area contributed by atoms with Gasteiger partial charge in [-0.25, -0.2) is 4.98 Å². The number of para-hydroxylation sites is 2. The molecular weight excluding hydrogens is 198 g/mol. The van der Waals surface area contributed by atoms with E-state index in [4.69, 9.17) is 0 Å². The minimum Gasteiger partial charge on any atom is -0.351 e. The average molecular weight is 219 g/mol. The second kappa shape index (κ2) is 5.01. The van der Waals surface area contributed by atoms with Crippen molar-refractivity contribution in [2.75, 3.05) is 5.32 Å². The van der Waals surface area contributed by atoms with E-state index in [0.717, 1.165) is 17.0 Å². The van der Waals surface area contributed by atoms with Crippen LogP contribution in [0.25, 0.3) is 11.0 Å². The summed E-state index contributed by atoms with van der Waals surface area (Å²) in [5.74, 6) is 0.832. The molecule has 0 unspecified atom stereocenters. The summed E-state index contributed by atoms with van der Waals surface area (Å²) in [6, 6.07) is 8.02. The first-order valence-electron chi connectivity index (χ1n) is 5.77. The Balaban J connectivity index is 0.000000606. The van der Waals surface area contributed by atoms with Crippen LogP contribution in [0.2, 0.25) is 0 Å². The SMILES string of the molecule is CC.CC(C)(C)Nc1nc2ccccc2[nH]1. The van der Waals surface area contributed by atoms with Gasteiger partial charge in [0.1, 0.15) is 0 Å². The third-order valence-electron chi connectivity index (χ3n) is 1.88. The van der Waals surface area contributed by atoms with Crippen LogP contribution in [0.3, 0.4) is 0 Å². The van der Waals surface area contributed by atoms with E-state index in [-0.39, 0.29) is 5.54 Å². The first-order valence-corrected chi connectivity index (χ1v) is 5.77. The van der Waals surface area contributed by atoms with Gasteiger partial charge in [0.25, 0.3) is 0 Å². The molecule has 2 aromatic rings. The number of hydrogen-bond acceptors (Lipinski definition) is 2. The predicted octanol–water partition coefficient (Wildman–Crippen LogP) is 3.80. The van der Waals surface area contributed by atoms with E-state index < -0.39 is 0 Å². The lowest BCUT2D eigenvalue weighted by Gasteiger charge is -2.19. The number of benzene rings is 1. The molecule has 1 aromatic heterocycles. The molecule has 0 aliphatic carbocycles. The maximum absolute atomic E-state index is 4.43. The highest BCUT2D eigenvalue weighted by Crippen LogP contribution is 2.16. The van der Waals surface area contributed by atoms with Crippen molar-refractivity contribution in [1.29, 1.82) is 0 Å². The number of imidazole rings is 1. The second-order valence-electron chi connectivity index (χ2n) is 4.48. The molecule has 0 radical (unpaired) electrons. The number of hydrogen-bond donors (Lipinski definition) is 2. The topological polar surface area (TPSA) is 40.7 Å². The first kappa shape index (κ1) is 12.6. The van der Waals surface area contributed by atoms with Crippen molar-refractivity contribution in [1.82, 2.24) is 9.97 Å². The van der Waals surface area contributed by atoms with E-state index in [1.165, 1.54) is 0 Å². The number of H-pyrrole nitrogens is 1. The lowest BCUT2D eigenvalue weighted by atomic mass is 10.1. The fourth-order valence-corrected chi connectivity index (χ4v) is 1.37. The number of rotatable bonds is 1. The standard InChI is InChI=1S/C11H15N3.C2H6/c1-11(2,3)14-10-12-8-6-4-5-7-9(8)13-10;1-2/h4-7H,1-3H3,(H2,12,13,14);1-2H3. The molecule has 3 heteroatoms. The number of aromatic amines is 1. The van der Waals surface area contributed by atoms with Gasteiger partial charge in [0.15, 0.2) is 0 Å². The zero-order valence-electron chi connectivity index (χ0n) is 10.8. The van der Waals surface area contributed by atoms with Crippen molar-refractivity contribution in [2.45, 2.75) is 40.2 Å². The highest BCUT2D eigenvalue weighted by molar-refractivity contribution is 5.77. The van der Waals surface area contributed by atoms with Crippen LogP contribution in [0, 0.1) is 0 Å². The highest BCUT2D eigenvalue weighted by Gasteiger charge is 2.11. The minimum atomic E-state index is 0.0356. The summed E-state index contributed by atoms with van der Waals surface area (Å²) in [6.45, 7) is 10.3. The number of fused-ring (bicyclic) bond motifs is 1. The first-order chi connectivity index (χ1) is 7.54. The third-order valence-corrected chi connectivity index (χ3v) is 1.88. The molecule has 88 valence electrons. The zero-order chi connectivity index (χ0) is 12.2. The van der Waals surface area contributed by atoms with E-state index in [2.05, 4.69) is 36.1 Å². The van der Waals surface area contributed by atoms with Crippen molar-refractivity contribution in [3.8, 4) is 0 Å². The quantitative estimate of drug-likeness (QED) is 0.766. The molecule has 16 heavy (non-hydrogen) atoms. The Morgan fingerprint density at radius 1 is 1.12 bits per heavy atom. The fourth-order valence-electron chi connectivity index (χ4n) is 1.37. The maximum atomic E-state index is 4.43. The number of nitrogens with one attached hydrogen (secondary N) is 2. The molecule has 0 aliphatic rings. The average Bonchev–Trinajstić information content (AvgIpc) is 2.59. The molecular formula is C13H21N3. The van der Waals surface area contributed by atoms with E-state index in [1.54, 1.807) is 0 Å². The summed E-state index contributed by atoms with van der Waals surface area (Å²) in [5, 5.41) is 3.30. The molecule has 3 nitrogen and oxygen atoms in total. The van der Waals surface area contributed by atoms with Crippen molar-refractivity contribution in [2.24, 2.45) is 0 Å². The molecule has 0 aliphatic heterocycles. The van der Waals surface area contributed by atoms with E-state index in [0.29, 0.717) is 0 Å². The molecule has 0 amide bonds. The van der Waals surface area contributed by atoms with Crippen LogP contribution in [-0.2, 0) is 0 Å². The molecule has 1 aromatic carbocycles. The largest absolute Gasteiger partial charge is 0.351 e. The lowest BCUT2D eigenvalue weighted by molar-refractivity contribution is 0.628. The van der Waals surface area contributed by atoms with Gasteiger partial charge in [-0.3, -0.25) is 0 Å². The summed E-state index contributed by atoms with van der Waals surface area (Å²) < 4.78 is 0. The van der Waals surface area contributed by atoms with Crippen LogP contribution in [0.5, 0.6) is 0 Å². The van der Waals surface area contributed by atoms with Gasteiger partial charge >= 0.3 is 0 Å². The Bertz CT molecular complexity index is 405. The Kier molecular flexibility index (Phi) is 3.93. The summed E-state index contributed by atoms with van der Waals surface area (Å²) >= 11 is 0. The van der Waals surface area contributed by atoms with E-state index in [1.807, 2.05) is 38.1 Å². The summed E-state index contributed by atoms with van der Waals surface area (Å²) in [5.41, 5.74) is 2.10. The number of nitrogens with zero attached hydrogens (tertiary/aromatic N) is 1. The second-order valence-corrected chi connectivity index (χ2v) is 4.48. The lowest BCUT2D eigenvalue weighted by Crippen LogP contribution is -2.26. The monoisotopic (exact) mass is 219 g/mol. The fraction of sp³-hybridized carbons (Fsp3) is 0.462. The van der Waals surface area contributed by atoms with Gasteiger partial charge < -0.3 is 10.3 Å². The van der Waals surface area contributed by atoms with Gasteiger partial charge in [-0.05, 0) is 32.9 Å². The highest BCUT2D eigenvalue weighted by atomic mass is 15.1. The molecule has 0 spiro atoms. The molecule has 2 N–H and O–H groups in total. The molecule has 0 bridgehead atoms. The van der Waals surface area contributed by atoms with Crippen LogP contribution in [0.1, 0.15) is 34.6 Å². The van der Waals surface area contributed by atoms with Crippen LogP contribution in [0.15, 0.2) is 24.3 Å². The number of anilines is 1. The maximum Gasteiger partial charge on any atom is 0.201 e. The van der Waals surface area contributed by atoms with Gasteiger partial charge in [0.05, 0.1) is 11.0 Å². The Hall–Kier alpha value is -1.51. The van der Waals surface area contributed by atoms with E-state index >= 15 is 0 Å². The van der Waals surface area contributed by atoms with Crippen molar-refractivity contribution >= 4 is 17.0 Å². The van der Waals surface area contributed by atoms with Crippen LogP contribution < -0.4 is 5.32 Å². The Morgan fingerprint density at radius 3 is 2.31 bits per heavy atom. The van der Waals surface area contributed by atoms with Crippen molar-refractivity contribution in [3.63, 3.8) is 0 Å². The smallest absolute Gasteiger partial charge is 0.201 e. The number of aromatic nitrogens is 2. The normalized spacial score (nSPS) is 10.8. The van der Waals surface area contributed by atoms with Gasteiger partial charge in [-0.1, -0.05) is 26.0 Å². The summed E-state index contributed by atoms with van der Waals surface area (Å²) in [7, 11) is 0. The van der Waals surface area contributed by atoms with Crippen LogP contribution >= 0.6 is 0 Å². The minimum absolute atomic E-state index is 0.0356. The van der Waals surface area contributed by atoms with Crippen molar-refractivity contribution in [3.05, 3.63) is 24.3 Å². The van der Waals surface area contributed by atoms with Crippen molar-refractivity contribution < 1.29 is 0 Å². The summed E-state index contributed by atoms with van der Waals surface area (Å²) in [4.78, 5) is 7.66. The predicted molar refractivity (Wildman–Crippen MR) is 70.8 cm³/mol. The molecule has 0 saturated carbocycles. The van der Waals surface area contributed by atoms with Gasteiger partial charge in [0, 0.05) is 5.54 Å². The molecule has 1 heterocycles. The van der Waals surface area contributed by atoms with E-state index in [9.17, 15) is 0 Å². The van der Waals surface area contributed by atoms with Crippen LogP contribution in [-0.4, -0.2) is 15.5 Å². The third kappa shape index (κ3) is 3.26. The van der Waals surface area contributed by atoms with Gasteiger partial charge in [0.2, 0.25) is 5.95 Å². The Labute approximate surface area is 97.3 Å². The molecule has 0 atom stereocenters. The zero-order valence-corrected chi connectivity index (χ0v) is 10.8. The summed E-state index contributed by atoms with van der Waals surface area (Å²) in [6.07, 6.45) is 0. The Morgan fingerprint density at radius 2 is 1.75 bits per heavy atom. The van der Waals surface area contributed by atoms with Gasteiger partial charge in [-0.2, -0.15) is 0 Å². The van der Waals surface area contributed by atoms with Crippen LogP contribution in [0.4, 0.5) is 5.95 Å².